The molecule has 4 heterocycles. The van der Waals surface area contributed by atoms with E-state index in [1.165, 1.54) is 11.3 Å². The summed E-state index contributed by atoms with van der Waals surface area (Å²) in [5.41, 5.74) is 1.60. The second-order valence-corrected chi connectivity index (χ2v) is 7.32. The number of fused-ring (bicyclic) bond motifs is 2. The van der Waals surface area contributed by atoms with Crippen molar-refractivity contribution in [3.63, 3.8) is 0 Å². The van der Waals surface area contributed by atoms with Crippen molar-refractivity contribution in [1.82, 2.24) is 30.1 Å². The second-order valence-electron chi connectivity index (χ2n) is 6.29. The first-order valence-corrected chi connectivity index (χ1v) is 9.14. The quantitative estimate of drug-likeness (QED) is 0.591. The number of hydrogen-bond acceptors (Lipinski definition) is 7. The van der Waals surface area contributed by atoms with Gasteiger partial charge in [0.25, 0.3) is 5.91 Å². The highest BCUT2D eigenvalue weighted by Gasteiger charge is 2.28. The van der Waals surface area contributed by atoms with Crippen LogP contribution in [-0.4, -0.2) is 50.3 Å². The van der Waals surface area contributed by atoms with E-state index in [9.17, 15) is 4.79 Å². The minimum absolute atomic E-state index is 0.103. The lowest BCUT2D eigenvalue weighted by Gasteiger charge is -2.40. The Morgan fingerprint density at radius 1 is 1.23 bits per heavy atom. The normalized spacial score (nSPS) is 14.7. The minimum Gasteiger partial charge on any atom is -0.354 e. The topological polar surface area (TPSA) is 88.3 Å². The number of nitrogens with zero attached hydrogens (tertiary/aromatic N) is 6. The third-order valence-corrected chi connectivity index (χ3v) is 5.50. The fraction of sp³-hybridized carbons (Fsp3) is 0.235. The van der Waals surface area contributed by atoms with E-state index in [4.69, 9.17) is 0 Å². The first kappa shape index (κ1) is 15.2. The molecule has 1 aliphatic heterocycles. The maximum Gasteiger partial charge on any atom is 0.280 e. The number of nitrogens with one attached hydrogen (secondary N) is 1. The smallest absolute Gasteiger partial charge is 0.280 e. The van der Waals surface area contributed by atoms with Gasteiger partial charge in [-0.1, -0.05) is 12.1 Å². The number of carbonyl (C=O) groups excluding carboxylic acids is 1. The maximum atomic E-state index is 12.3. The summed E-state index contributed by atoms with van der Waals surface area (Å²) in [7, 11) is 0. The Kier molecular flexibility index (Phi) is 3.52. The molecule has 0 saturated carbocycles. The van der Waals surface area contributed by atoms with E-state index in [0.717, 1.165) is 34.8 Å². The fourth-order valence-corrected chi connectivity index (χ4v) is 3.94. The number of hydrogen-bond donors (Lipinski definition) is 1. The summed E-state index contributed by atoms with van der Waals surface area (Å²) in [4.78, 5) is 18.9. The lowest BCUT2D eigenvalue weighted by atomic mass is 10.0. The molecule has 8 nitrogen and oxygen atoms in total. The number of para-hydroxylation sites is 1. The highest BCUT2D eigenvalue weighted by atomic mass is 32.1. The van der Waals surface area contributed by atoms with Gasteiger partial charge in [-0.05, 0) is 24.3 Å². The third-order valence-electron chi connectivity index (χ3n) is 4.47. The third kappa shape index (κ3) is 2.66. The summed E-state index contributed by atoms with van der Waals surface area (Å²) in [5.74, 6) is 1.20. The molecule has 4 aromatic rings. The molecular weight excluding hydrogens is 350 g/mol. The zero-order chi connectivity index (χ0) is 17.5. The number of anilines is 1. The number of amides is 1. The molecule has 1 amide bonds. The largest absolute Gasteiger partial charge is 0.354 e. The van der Waals surface area contributed by atoms with Gasteiger partial charge in [-0.25, -0.2) is 4.98 Å². The molecule has 1 saturated heterocycles. The van der Waals surface area contributed by atoms with Crippen molar-refractivity contribution in [2.75, 3.05) is 24.5 Å². The lowest BCUT2D eigenvalue weighted by molar-refractivity contribution is 0.0944. The van der Waals surface area contributed by atoms with Crippen LogP contribution < -0.4 is 10.2 Å². The Bertz CT molecular complexity index is 1070. The highest BCUT2D eigenvalue weighted by Crippen LogP contribution is 2.23. The van der Waals surface area contributed by atoms with Crippen molar-refractivity contribution in [3.8, 4) is 0 Å². The zero-order valence-electron chi connectivity index (χ0n) is 13.7. The zero-order valence-corrected chi connectivity index (χ0v) is 14.6. The van der Waals surface area contributed by atoms with Gasteiger partial charge >= 0.3 is 0 Å². The molecule has 0 spiro atoms. The van der Waals surface area contributed by atoms with Gasteiger partial charge in [-0.3, -0.25) is 4.79 Å². The Balaban J connectivity index is 1.17. The van der Waals surface area contributed by atoms with Crippen LogP contribution >= 0.6 is 11.3 Å². The lowest BCUT2D eigenvalue weighted by Crippen LogP contribution is -2.52. The fourth-order valence-electron chi connectivity index (χ4n) is 3.06. The van der Waals surface area contributed by atoms with E-state index in [2.05, 4.69) is 30.5 Å². The van der Waals surface area contributed by atoms with Crippen molar-refractivity contribution < 1.29 is 4.79 Å². The van der Waals surface area contributed by atoms with Crippen molar-refractivity contribution in [2.24, 2.45) is 5.92 Å². The molecule has 0 aliphatic carbocycles. The predicted molar refractivity (Wildman–Crippen MR) is 98.4 cm³/mol. The molecule has 26 heavy (non-hydrogen) atoms. The average Bonchev–Trinajstić information content (AvgIpc) is 3.26. The van der Waals surface area contributed by atoms with E-state index in [1.54, 1.807) is 10.8 Å². The van der Waals surface area contributed by atoms with Crippen LogP contribution in [0.2, 0.25) is 0 Å². The van der Waals surface area contributed by atoms with E-state index in [-0.39, 0.29) is 5.91 Å². The van der Waals surface area contributed by atoms with Crippen LogP contribution in [0.1, 0.15) is 9.80 Å². The van der Waals surface area contributed by atoms with Gasteiger partial charge in [0.1, 0.15) is 12.1 Å². The summed E-state index contributed by atoms with van der Waals surface area (Å²) >= 11 is 1.42. The van der Waals surface area contributed by atoms with Gasteiger partial charge in [0.05, 0.1) is 10.2 Å². The molecule has 0 atom stereocenters. The SMILES string of the molecule is O=C(NCC1CN(c2ccc3nncn3n2)C1)c1nc2ccccc2s1. The molecule has 1 aliphatic rings. The van der Waals surface area contributed by atoms with Crippen LogP contribution in [-0.2, 0) is 0 Å². The first-order valence-electron chi connectivity index (χ1n) is 8.32. The van der Waals surface area contributed by atoms with E-state index < -0.39 is 0 Å². The molecule has 0 unspecified atom stereocenters. The highest BCUT2D eigenvalue weighted by molar-refractivity contribution is 7.20. The molecule has 3 aromatic heterocycles. The van der Waals surface area contributed by atoms with Gasteiger partial charge in [0.2, 0.25) is 0 Å². The van der Waals surface area contributed by atoms with Gasteiger partial charge in [0, 0.05) is 25.6 Å². The Morgan fingerprint density at radius 3 is 3.00 bits per heavy atom. The second kappa shape index (κ2) is 6.03. The van der Waals surface area contributed by atoms with Gasteiger partial charge < -0.3 is 10.2 Å². The Morgan fingerprint density at radius 2 is 2.12 bits per heavy atom. The summed E-state index contributed by atoms with van der Waals surface area (Å²) in [5, 5.41) is 15.8. The number of thiazole rings is 1. The Labute approximate surface area is 152 Å². The number of carbonyl (C=O) groups is 1. The summed E-state index contributed by atoms with van der Waals surface area (Å²) in [6.45, 7) is 2.36. The van der Waals surface area contributed by atoms with Crippen LogP contribution in [0.5, 0.6) is 0 Å². The molecule has 0 radical (unpaired) electrons. The summed E-state index contributed by atoms with van der Waals surface area (Å²) in [6.07, 6.45) is 1.59. The summed E-state index contributed by atoms with van der Waals surface area (Å²) < 4.78 is 2.69. The van der Waals surface area contributed by atoms with Gasteiger partial charge in [0.15, 0.2) is 10.7 Å². The Hall–Kier alpha value is -3.07. The first-order chi connectivity index (χ1) is 12.8. The number of rotatable bonds is 4. The maximum absolute atomic E-state index is 12.3. The molecule has 1 aromatic carbocycles. The molecular formula is C17H15N7OS. The number of benzene rings is 1. The van der Waals surface area contributed by atoms with Gasteiger partial charge in [-0.15, -0.1) is 26.6 Å². The molecule has 130 valence electrons. The monoisotopic (exact) mass is 365 g/mol. The van der Waals surface area contributed by atoms with E-state index >= 15 is 0 Å². The molecule has 5 rings (SSSR count). The van der Waals surface area contributed by atoms with E-state index in [1.807, 2.05) is 36.4 Å². The van der Waals surface area contributed by atoms with Crippen molar-refractivity contribution in [2.45, 2.75) is 0 Å². The van der Waals surface area contributed by atoms with Crippen LogP contribution in [0.4, 0.5) is 5.82 Å². The van der Waals surface area contributed by atoms with Gasteiger partial charge in [-0.2, -0.15) is 4.52 Å². The van der Waals surface area contributed by atoms with E-state index in [0.29, 0.717) is 17.5 Å². The van der Waals surface area contributed by atoms with Crippen LogP contribution in [0, 0.1) is 5.92 Å². The van der Waals surface area contributed by atoms with Crippen molar-refractivity contribution >= 4 is 38.9 Å². The number of aromatic nitrogens is 5. The van der Waals surface area contributed by atoms with Crippen LogP contribution in [0.15, 0.2) is 42.7 Å². The standard InChI is InChI=1S/C17H15N7OS/c25-16(17-20-12-3-1-2-4-13(12)26-17)18-7-11-8-23(9-11)15-6-5-14-21-19-10-24(14)22-15/h1-6,10-11H,7-9H2,(H,18,25). The molecule has 0 bridgehead atoms. The van der Waals surface area contributed by atoms with Crippen molar-refractivity contribution in [3.05, 3.63) is 47.7 Å². The molecule has 1 N–H and O–H groups in total. The summed E-state index contributed by atoms with van der Waals surface area (Å²) in [6, 6.07) is 11.6. The average molecular weight is 365 g/mol. The van der Waals surface area contributed by atoms with Crippen LogP contribution in [0.25, 0.3) is 15.9 Å². The van der Waals surface area contributed by atoms with Crippen molar-refractivity contribution in [1.29, 1.82) is 0 Å². The predicted octanol–water partition coefficient (Wildman–Crippen LogP) is 1.60. The molecule has 1 fully saturated rings. The minimum atomic E-state index is -0.103. The van der Waals surface area contributed by atoms with Crippen LogP contribution in [0.3, 0.4) is 0 Å². The molecule has 9 heteroatoms.